The van der Waals surface area contributed by atoms with E-state index in [4.69, 9.17) is 0 Å². The maximum Gasteiger partial charge on any atom is 0.185 e. The molecular formula is C22H24FNO. The van der Waals surface area contributed by atoms with Crippen LogP contribution >= 0.6 is 0 Å². The molecule has 0 N–H and O–H groups in total. The number of carbonyl (C=O) groups is 1. The van der Waals surface area contributed by atoms with Crippen molar-refractivity contribution in [3.63, 3.8) is 0 Å². The summed E-state index contributed by atoms with van der Waals surface area (Å²) in [4.78, 5) is 17.1. The Bertz CT molecular complexity index is 822. The maximum atomic E-state index is 14.1. The lowest BCUT2D eigenvalue weighted by molar-refractivity contribution is -0.115. The van der Waals surface area contributed by atoms with Gasteiger partial charge in [-0.3, -0.25) is 4.79 Å². The van der Waals surface area contributed by atoms with Gasteiger partial charge in [0, 0.05) is 17.7 Å². The van der Waals surface area contributed by atoms with Gasteiger partial charge in [0.1, 0.15) is 11.5 Å². The highest BCUT2D eigenvalue weighted by molar-refractivity contribution is 6.05. The third kappa shape index (κ3) is 4.30. The Balaban J connectivity index is 2.32. The first-order chi connectivity index (χ1) is 11.8. The molecule has 2 nitrogen and oxygen atoms in total. The topological polar surface area (TPSA) is 29.4 Å². The van der Waals surface area contributed by atoms with Gasteiger partial charge in [0.15, 0.2) is 5.78 Å². The number of nitrogens with zero attached hydrogens (tertiary/aromatic N) is 1. The number of allylic oxidation sites excluding steroid dienone is 2. The molecular weight excluding hydrogens is 313 g/mol. The van der Waals surface area contributed by atoms with Crippen LogP contribution in [0.5, 0.6) is 0 Å². The van der Waals surface area contributed by atoms with Crippen LogP contribution in [0.3, 0.4) is 0 Å². The summed E-state index contributed by atoms with van der Waals surface area (Å²) in [6, 6.07) is 10.9. The molecule has 2 aromatic carbocycles. The highest BCUT2D eigenvalue weighted by Gasteiger charge is 2.15. The minimum absolute atomic E-state index is 0.0618. The molecule has 0 amide bonds. The minimum Gasteiger partial charge on any atom is -0.292 e. The molecule has 0 radical (unpaired) electrons. The van der Waals surface area contributed by atoms with Gasteiger partial charge in [-0.2, -0.15) is 0 Å². The van der Waals surface area contributed by atoms with Crippen molar-refractivity contribution in [3.8, 4) is 0 Å². The van der Waals surface area contributed by atoms with E-state index in [-0.39, 0.29) is 11.6 Å². The van der Waals surface area contributed by atoms with Gasteiger partial charge in [0.05, 0.1) is 0 Å². The first kappa shape index (κ1) is 18.8. The van der Waals surface area contributed by atoms with Crippen molar-refractivity contribution in [3.05, 3.63) is 81.8 Å². The molecule has 2 rings (SSSR count). The fraction of sp³-hybridized carbons (Fsp3) is 0.273. The van der Waals surface area contributed by atoms with Gasteiger partial charge in [-0.25, -0.2) is 9.38 Å². The molecule has 130 valence electrons. The normalized spacial score (nSPS) is 12.4. The third-order valence-corrected chi connectivity index (χ3v) is 4.41. The molecule has 25 heavy (non-hydrogen) atoms. The number of rotatable bonds is 5. The molecule has 0 aromatic heterocycles. The molecule has 0 saturated carbocycles. The Kier molecular flexibility index (Phi) is 6.02. The van der Waals surface area contributed by atoms with Crippen molar-refractivity contribution in [2.24, 2.45) is 4.99 Å². The predicted molar refractivity (Wildman–Crippen MR) is 102 cm³/mol. The van der Waals surface area contributed by atoms with Crippen LogP contribution in [-0.2, 0) is 11.2 Å². The molecule has 0 saturated heterocycles. The molecule has 0 bridgehead atoms. The molecule has 0 fully saturated rings. The number of carbonyl (C=O) groups excluding carboxylic acids is 1. The number of Topliss-reactive ketones (excluding diaryl/α,β-unsaturated/α-hetero) is 1. The molecule has 0 aliphatic heterocycles. The van der Waals surface area contributed by atoms with Crippen LogP contribution in [0.4, 0.5) is 4.39 Å². The molecule has 0 unspecified atom stereocenters. The average molecular weight is 337 g/mol. The summed E-state index contributed by atoms with van der Waals surface area (Å²) in [5.74, 6) is -0.382. The largest absolute Gasteiger partial charge is 0.292 e. The van der Waals surface area contributed by atoms with Gasteiger partial charge < -0.3 is 0 Å². The predicted octanol–water partition coefficient (Wildman–Crippen LogP) is 5.28. The van der Waals surface area contributed by atoms with Gasteiger partial charge in [-0.15, -0.1) is 0 Å². The van der Waals surface area contributed by atoms with Gasteiger partial charge in [0.2, 0.25) is 0 Å². The van der Waals surface area contributed by atoms with Crippen LogP contribution in [0.2, 0.25) is 0 Å². The number of ketones is 1. The standard InChI is InChI=1S/C22H24FNO/c1-6-20(21(25)13-18-14(2)9-7-10-15(18)3)24-17(5)22-16(4)11-8-12-19(22)23/h6-12H,13H2,1-5H3/b20-6-,24-17?. The monoisotopic (exact) mass is 337 g/mol. The Hall–Kier alpha value is -2.55. The number of hydrogen-bond donors (Lipinski definition) is 0. The maximum absolute atomic E-state index is 14.1. The second kappa shape index (κ2) is 8.02. The van der Waals surface area contributed by atoms with E-state index in [1.807, 2.05) is 45.0 Å². The minimum atomic E-state index is -0.320. The number of aryl methyl sites for hydroxylation is 3. The molecule has 0 atom stereocenters. The van der Waals surface area contributed by atoms with Crippen molar-refractivity contribution < 1.29 is 9.18 Å². The zero-order chi connectivity index (χ0) is 18.6. The molecule has 3 heteroatoms. The van der Waals surface area contributed by atoms with Crippen molar-refractivity contribution in [1.29, 1.82) is 0 Å². The van der Waals surface area contributed by atoms with Crippen molar-refractivity contribution >= 4 is 11.5 Å². The highest BCUT2D eigenvalue weighted by Crippen LogP contribution is 2.18. The van der Waals surface area contributed by atoms with E-state index in [1.165, 1.54) is 6.07 Å². The molecule has 0 spiro atoms. The Morgan fingerprint density at radius 3 is 2.16 bits per heavy atom. The van der Waals surface area contributed by atoms with Crippen LogP contribution in [0.25, 0.3) is 0 Å². The fourth-order valence-electron chi connectivity index (χ4n) is 2.99. The number of aliphatic imine (C=N–C) groups is 1. The summed E-state index contributed by atoms with van der Waals surface area (Å²) in [6.07, 6.45) is 1.99. The first-order valence-corrected chi connectivity index (χ1v) is 8.40. The van der Waals surface area contributed by atoms with Crippen LogP contribution < -0.4 is 0 Å². The summed E-state index contributed by atoms with van der Waals surface area (Å²) in [5.41, 5.74) is 5.35. The van der Waals surface area contributed by atoms with Crippen molar-refractivity contribution in [1.82, 2.24) is 0 Å². The Labute approximate surface area is 149 Å². The fourth-order valence-corrected chi connectivity index (χ4v) is 2.99. The highest BCUT2D eigenvalue weighted by atomic mass is 19.1. The van der Waals surface area contributed by atoms with E-state index < -0.39 is 0 Å². The summed E-state index contributed by atoms with van der Waals surface area (Å²) in [5, 5.41) is 0. The number of hydrogen-bond acceptors (Lipinski definition) is 2. The van der Waals surface area contributed by atoms with Gasteiger partial charge in [-0.05, 0) is 62.9 Å². The van der Waals surface area contributed by atoms with E-state index >= 15 is 0 Å². The quantitative estimate of drug-likeness (QED) is 0.539. The second-order valence-corrected chi connectivity index (χ2v) is 6.27. The Morgan fingerprint density at radius 1 is 1.04 bits per heavy atom. The first-order valence-electron chi connectivity index (χ1n) is 8.40. The summed E-state index contributed by atoms with van der Waals surface area (Å²) < 4.78 is 14.1. The van der Waals surface area contributed by atoms with Crippen molar-refractivity contribution in [2.75, 3.05) is 0 Å². The van der Waals surface area contributed by atoms with Crippen LogP contribution in [0.1, 0.15) is 41.7 Å². The van der Waals surface area contributed by atoms with E-state index in [0.717, 1.165) is 22.3 Å². The summed E-state index contributed by atoms with van der Waals surface area (Å²) in [7, 11) is 0. The van der Waals surface area contributed by atoms with E-state index in [2.05, 4.69) is 4.99 Å². The second-order valence-electron chi connectivity index (χ2n) is 6.27. The van der Waals surface area contributed by atoms with E-state index in [9.17, 15) is 9.18 Å². The lowest BCUT2D eigenvalue weighted by atomic mass is 9.97. The Morgan fingerprint density at radius 2 is 1.60 bits per heavy atom. The zero-order valence-electron chi connectivity index (χ0n) is 15.5. The average Bonchev–Trinajstić information content (AvgIpc) is 2.55. The van der Waals surface area contributed by atoms with Crippen LogP contribution in [0, 0.1) is 26.6 Å². The smallest absolute Gasteiger partial charge is 0.185 e. The lowest BCUT2D eigenvalue weighted by Crippen LogP contribution is -2.10. The van der Waals surface area contributed by atoms with Gasteiger partial charge in [0.25, 0.3) is 0 Å². The SMILES string of the molecule is C/C=C(\N=C(C)c1c(C)cccc1F)C(=O)Cc1c(C)cccc1C. The molecule has 0 heterocycles. The number of benzene rings is 2. The van der Waals surface area contributed by atoms with Gasteiger partial charge in [-0.1, -0.05) is 36.4 Å². The molecule has 2 aromatic rings. The lowest BCUT2D eigenvalue weighted by Gasteiger charge is -2.11. The van der Waals surface area contributed by atoms with Crippen molar-refractivity contribution in [2.45, 2.75) is 41.0 Å². The van der Waals surface area contributed by atoms with E-state index in [1.54, 1.807) is 26.0 Å². The number of halogens is 1. The molecule has 0 aliphatic rings. The molecule has 0 aliphatic carbocycles. The summed E-state index contributed by atoms with van der Waals surface area (Å²) in [6.45, 7) is 9.36. The third-order valence-electron chi connectivity index (χ3n) is 4.41. The summed E-state index contributed by atoms with van der Waals surface area (Å²) >= 11 is 0. The zero-order valence-corrected chi connectivity index (χ0v) is 15.5. The van der Waals surface area contributed by atoms with Crippen LogP contribution in [-0.4, -0.2) is 11.5 Å². The van der Waals surface area contributed by atoms with E-state index in [0.29, 0.717) is 23.4 Å². The van der Waals surface area contributed by atoms with Gasteiger partial charge >= 0.3 is 0 Å². The van der Waals surface area contributed by atoms with Crippen LogP contribution in [0.15, 0.2) is 53.2 Å².